The van der Waals surface area contributed by atoms with Crippen LogP contribution in [0, 0.1) is 5.92 Å². The third-order valence-corrected chi connectivity index (χ3v) is 3.43. The summed E-state index contributed by atoms with van der Waals surface area (Å²) in [6.45, 7) is 0.827. The molecule has 84 valence electrons. The lowest BCUT2D eigenvalue weighted by Crippen LogP contribution is -1.98. The van der Waals surface area contributed by atoms with Crippen LogP contribution in [0.3, 0.4) is 0 Å². The number of hydrogen-bond donors (Lipinski definition) is 2. The molecule has 1 aromatic carbocycles. The Hall–Kier alpha value is -1.13. The first-order valence-electron chi connectivity index (χ1n) is 5.42. The molecule has 0 atom stereocenters. The molecule has 0 unspecified atom stereocenters. The van der Waals surface area contributed by atoms with E-state index in [9.17, 15) is 0 Å². The number of nitrogens with one attached hydrogen (secondary N) is 1. The van der Waals surface area contributed by atoms with Gasteiger partial charge in [-0.1, -0.05) is 0 Å². The highest BCUT2D eigenvalue weighted by molar-refractivity contribution is 7.94. The Bertz CT molecular complexity index is 505. The number of benzene rings is 1. The zero-order valence-corrected chi connectivity index (χ0v) is 9.59. The van der Waals surface area contributed by atoms with E-state index >= 15 is 0 Å². The quantitative estimate of drug-likeness (QED) is 0.797. The average molecular weight is 235 g/mol. The molecule has 3 rings (SSSR count). The average Bonchev–Trinajstić information content (AvgIpc) is 3.05. The van der Waals surface area contributed by atoms with Crippen molar-refractivity contribution < 1.29 is 9.29 Å². The molecule has 0 radical (unpaired) electrons. The van der Waals surface area contributed by atoms with Crippen LogP contribution in [0.2, 0.25) is 0 Å². The first-order valence-corrected chi connectivity index (χ1v) is 6.19. The number of rotatable bonds is 4. The highest BCUT2D eigenvalue weighted by Crippen LogP contribution is 2.31. The summed E-state index contributed by atoms with van der Waals surface area (Å²) < 4.78 is 14.7. The standard InChI is InChI=1S/C12H13NO2S/c14-16-12-6-13-11-5-9(3-4-10(11)12)15-7-8-1-2-8/h3-6,8,13-14H,1-2,7H2. The molecule has 1 aliphatic carbocycles. The van der Waals surface area contributed by atoms with Crippen LogP contribution in [0.1, 0.15) is 12.8 Å². The predicted molar refractivity (Wildman–Crippen MR) is 65.0 cm³/mol. The van der Waals surface area contributed by atoms with Crippen molar-refractivity contribution in [2.75, 3.05) is 6.61 Å². The fourth-order valence-corrected chi connectivity index (χ4v) is 2.13. The molecule has 0 saturated heterocycles. The smallest absolute Gasteiger partial charge is 0.121 e. The van der Waals surface area contributed by atoms with Crippen LogP contribution in [-0.2, 0) is 0 Å². The maximum atomic E-state index is 9.04. The number of H-pyrrole nitrogens is 1. The normalized spacial score (nSPS) is 15.6. The molecule has 1 aromatic heterocycles. The van der Waals surface area contributed by atoms with Crippen molar-refractivity contribution >= 4 is 22.9 Å². The van der Waals surface area contributed by atoms with Crippen molar-refractivity contribution in [3.8, 4) is 5.75 Å². The molecule has 2 N–H and O–H groups in total. The van der Waals surface area contributed by atoms with Crippen molar-refractivity contribution in [1.29, 1.82) is 0 Å². The number of aromatic amines is 1. The molecular formula is C12H13NO2S. The first-order chi connectivity index (χ1) is 7.86. The lowest BCUT2D eigenvalue weighted by atomic mass is 10.2. The molecule has 0 spiro atoms. The molecule has 0 bridgehead atoms. The maximum Gasteiger partial charge on any atom is 0.121 e. The van der Waals surface area contributed by atoms with E-state index < -0.39 is 0 Å². The van der Waals surface area contributed by atoms with Gasteiger partial charge < -0.3 is 14.3 Å². The number of aromatic nitrogens is 1. The second kappa shape index (κ2) is 4.03. The van der Waals surface area contributed by atoms with Gasteiger partial charge in [-0.3, -0.25) is 0 Å². The van der Waals surface area contributed by atoms with Crippen LogP contribution in [0.25, 0.3) is 10.9 Å². The summed E-state index contributed by atoms with van der Waals surface area (Å²) in [5, 5.41) is 1.03. The van der Waals surface area contributed by atoms with Gasteiger partial charge in [-0.05, 0) is 30.9 Å². The summed E-state index contributed by atoms with van der Waals surface area (Å²) in [6.07, 6.45) is 4.41. The van der Waals surface area contributed by atoms with Gasteiger partial charge in [0.15, 0.2) is 0 Å². The summed E-state index contributed by atoms with van der Waals surface area (Å²) in [5.74, 6) is 1.67. The van der Waals surface area contributed by atoms with E-state index in [0.29, 0.717) is 0 Å². The molecule has 4 heteroatoms. The minimum absolute atomic E-state index is 0.767. The molecule has 1 aliphatic rings. The lowest BCUT2D eigenvalue weighted by molar-refractivity contribution is 0.300. The summed E-state index contributed by atoms with van der Waals surface area (Å²) in [6, 6.07) is 5.92. The van der Waals surface area contributed by atoms with Gasteiger partial charge in [0.05, 0.1) is 17.0 Å². The fourth-order valence-electron chi connectivity index (χ4n) is 1.74. The highest BCUT2D eigenvalue weighted by atomic mass is 32.2. The Morgan fingerprint density at radius 2 is 2.31 bits per heavy atom. The van der Waals surface area contributed by atoms with Crippen molar-refractivity contribution in [1.82, 2.24) is 4.98 Å². The fraction of sp³-hybridized carbons (Fsp3) is 0.333. The first kappa shape index (κ1) is 10.1. The Labute approximate surface area is 98.0 Å². The van der Waals surface area contributed by atoms with Gasteiger partial charge in [0, 0.05) is 29.7 Å². The van der Waals surface area contributed by atoms with Crippen molar-refractivity contribution in [3.05, 3.63) is 24.4 Å². The summed E-state index contributed by atoms with van der Waals surface area (Å²) in [7, 11) is 0. The molecular weight excluding hydrogens is 222 g/mol. The zero-order chi connectivity index (χ0) is 11.0. The maximum absolute atomic E-state index is 9.04. The molecule has 1 heterocycles. The number of fused-ring (bicyclic) bond motifs is 1. The zero-order valence-electron chi connectivity index (χ0n) is 8.77. The van der Waals surface area contributed by atoms with E-state index in [1.54, 1.807) is 6.20 Å². The van der Waals surface area contributed by atoms with Gasteiger partial charge >= 0.3 is 0 Å². The van der Waals surface area contributed by atoms with Gasteiger partial charge in [0.1, 0.15) is 5.75 Å². The van der Waals surface area contributed by atoms with Crippen molar-refractivity contribution in [2.24, 2.45) is 5.92 Å². The monoisotopic (exact) mass is 235 g/mol. The van der Waals surface area contributed by atoms with Crippen LogP contribution < -0.4 is 4.74 Å². The van der Waals surface area contributed by atoms with E-state index in [0.717, 1.165) is 46.1 Å². The highest BCUT2D eigenvalue weighted by Gasteiger charge is 2.21. The second-order valence-corrected chi connectivity index (χ2v) is 4.83. The van der Waals surface area contributed by atoms with Gasteiger partial charge in [0.25, 0.3) is 0 Å². The molecule has 2 aromatic rings. The molecule has 0 amide bonds. The van der Waals surface area contributed by atoms with E-state index in [1.165, 1.54) is 12.8 Å². The Morgan fingerprint density at radius 1 is 1.44 bits per heavy atom. The summed E-state index contributed by atoms with van der Waals surface area (Å²) in [5.41, 5.74) is 1.00. The van der Waals surface area contributed by atoms with Crippen molar-refractivity contribution in [3.63, 3.8) is 0 Å². The molecule has 3 nitrogen and oxygen atoms in total. The minimum Gasteiger partial charge on any atom is -0.493 e. The van der Waals surface area contributed by atoms with E-state index in [1.807, 2.05) is 18.2 Å². The minimum atomic E-state index is 0.767. The number of ether oxygens (including phenoxy) is 1. The van der Waals surface area contributed by atoms with Crippen LogP contribution in [-0.4, -0.2) is 16.1 Å². The van der Waals surface area contributed by atoms with Crippen LogP contribution in [0.5, 0.6) is 5.75 Å². The van der Waals surface area contributed by atoms with Gasteiger partial charge in [-0.15, -0.1) is 0 Å². The van der Waals surface area contributed by atoms with Crippen LogP contribution >= 0.6 is 12.0 Å². The topological polar surface area (TPSA) is 45.2 Å². The third kappa shape index (κ3) is 1.90. The lowest BCUT2D eigenvalue weighted by Gasteiger charge is -2.04. The number of hydrogen-bond acceptors (Lipinski definition) is 3. The van der Waals surface area contributed by atoms with E-state index in [2.05, 4.69) is 4.98 Å². The van der Waals surface area contributed by atoms with Gasteiger partial charge in [-0.25, -0.2) is 0 Å². The molecule has 16 heavy (non-hydrogen) atoms. The SMILES string of the molecule is OSc1c[nH]c2cc(OCC3CC3)ccc12. The van der Waals surface area contributed by atoms with E-state index in [4.69, 9.17) is 9.29 Å². The summed E-state index contributed by atoms with van der Waals surface area (Å²) in [4.78, 5) is 3.97. The molecule has 1 saturated carbocycles. The molecule has 1 fully saturated rings. The van der Waals surface area contributed by atoms with Gasteiger partial charge in [0.2, 0.25) is 0 Å². The Kier molecular flexibility index (Phi) is 2.53. The van der Waals surface area contributed by atoms with Crippen LogP contribution in [0.4, 0.5) is 0 Å². The Morgan fingerprint density at radius 3 is 3.06 bits per heavy atom. The molecule has 0 aliphatic heterocycles. The van der Waals surface area contributed by atoms with Crippen LogP contribution in [0.15, 0.2) is 29.3 Å². The second-order valence-electron chi connectivity index (χ2n) is 4.21. The predicted octanol–water partition coefficient (Wildman–Crippen LogP) is 3.52. The summed E-state index contributed by atoms with van der Waals surface area (Å²) >= 11 is 0.767. The third-order valence-electron chi connectivity index (χ3n) is 2.90. The van der Waals surface area contributed by atoms with E-state index in [-0.39, 0.29) is 0 Å². The van der Waals surface area contributed by atoms with Gasteiger partial charge in [-0.2, -0.15) is 0 Å². The largest absolute Gasteiger partial charge is 0.493 e. The van der Waals surface area contributed by atoms with Crippen molar-refractivity contribution in [2.45, 2.75) is 17.7 Å². The Balaban J connectivity index is 1.84.